The van der Waals surface area contributed by atoms with Crippen LogP contribution >= 0.6 is 0 Å². The van der Waals surface area contributed by atoms with E-state index < -0.39 is 16.0 Å². The number of hydrogen-bond donors (Lipinski definition) is 2. The van der Waals surface area contributed by atoms with Gasteiger partial charge in [0.15, 0.2) is 0 Å². The average Bonchev–Trinajstić information content (AvgIpc) is 2.68. The largest absolute Gasteiger partial charge is 0.463 e. The van der Waals surface area contributed by atoms with Gasteiger partial charge in [-0.15, -0.1) is 0 Å². The number of piperazine rings is 1. The van der Waals surface area contributed by atoms with Crippen LogP contribution in [0.3, 0.4) is 0 Å². The molecule has 9 nitrogen and oxygen atoms in total. The molecule has 0 unspecified atom stereocenters. The maximum atomic E-state index is 13.0. The number of aryl methyl sites for hydroxylation is 2. The van der Waals surface area contributed by atoms with Crippen molar-refractivity contribution in [2.75, 3.05) is 45.9 Å². The van der Waals surface area contributed by atoms with E-state index in [-0.39, 0.29) is 19.2 Å². The Hall–Kier alpha value is -2.43. The van der Waals surface area contributed by atoms with Crippen LogP contribution in [0.15, 0.2) is 34.4 Å². The van der Waals surface area contributed by atoms with E-state index >= 15 is 0 Å². The highest BCUT2D eigenvalue weighted by molar-refractivity contribution is 7.89. The lowest BCUT2D eigenvalue weighted by Gasteiger charge is -2.35. The molecule has 1 aromatic rings. The Balaban J connectivity index is 1.69. The number of ether oxygens (including phenoxy) is 1. The lowest BCUT2D eigenvalue weighted by Crippen LogP contribution is -2.52. The summed E-state index contributed by atoms with van der Waals surface area (Å²) in [5.74, 6) is -0.462. The summed E-state index contributed by atoms with van der Waals surface area (Å²) in [5, 5.41) is 5.27. The fourth-order valence-electron chi connectivity index (χ4n) is 3.66. The zero-order valence-electron chi connectivity index (χ0n) is 17.5. The molecular formula is C20H28N4O5S. The van der Waals surface area contributed by atoms with Crippen LogP contribution in [0, 0.1) is 13.8 Å². The topological polar surface area (TPSA) is 108 Å². The van der Waals surface area contributed by atoms with Crippen molar-refractivity contribution in [1.29, 1.82) is 0 Å². The molecule has 2 aliphatic heterocycles. The third kappa shape index (κ3) is 4.82. The highest BCUT2D eigenvalue weighted by Gasteiger charge is 2.31. The van der Waals surface area contributed by atoms with Gasteiger partial charge in [0.25, 0.3) is 0 Å². The number of esters is 1. The third-order valence-electron chi connectivity index (χ3n) is 5.24. The van der Waals surface area contributed by atoms with E-state index in [9.17, 15) is 18.0 Å². The number of urea groups is 1. The van der Waals surface area contributed by atoms with Crippen LogP contribution in [0.4, 0.5) is 4.79 Å². The maximum Gasteiger partial charge on any atom is 0.337 e. The van der Waals surface area contributed by atoms with Crippen molar-refractivity contribution in [3.8, 4) is 0 Å². The van der Waals surface area contributed by atoms with Gasteiger partial charge in [-0.1, -0.05) is 17.7 Å². The van der Waals surface area contributed by atoms with Crippen LogP contribution in [0.1, 0.15) is 18.1 Å². The summed E-state index contributed by atoms with van der Waals surface area (Å²) in [4.78, 5) is 26.3. The highest BCUT2D eigenvalue weighted by atomic mass is 32.2. The van der Waals surface area contributed by atoms with E-state index in [2.05, 4.69) is 10.6 Å². The van der Waals surface area contributed by atoms with Gasteiger partial charge in [0.2, 0.25) is 10.0 Å². The number of rotatable bonds is 6. The molecular weight excluding hydrogens is 408 g/mol. The Bertz CT molecular complexity index is 965. The maximum absolute atomic E-state index is 13.0. The number of benzene rings is 1. The lowest BCUT2D eigenvalue weighted by molar-refractivity contribution is -0.138. The first-order valence-corrected chi connectivity index (χ1v) is 11.4. The van der Waals surface area contributed by atoms with Crippen molar-refractivity contribution < 1.29 is 22.7 Å². The monoisotopic (exact) mass is 436 g/mol. The number of hydrogen-bond acceptors (Lipinski definition) is 6. The first-order chi connectivity index (χ1) is 14.2. The van der Waals surface area contributed by atoms with Gasteiger partial charge in [0, 0.05) is 38.4 Å². The number of amides is 2. The molecule has 0 bridgehead atoms. The van der Waals surface area contributed by atoms with Crippen molar-refractivity contribution in [1.82, 2.24) is 19.8 Å². The first-order valence-electron chi connectivity index (χ1n) is 9.96. The van der Waals surface area contributed by atoms with Crippen LogP contribution in [0.5, 0.6) is 0 Å². The molecule has 164 valence electrons. The van der Waals surface area contributed by atoms with Crippen molar-refractivity contribution in [2.45, 2.75) is 25.7 Å². The number of nitrogens with one attached hydrogen (secondary N) is 2. The van der Waals surface area contributed by atoms with Crippen LogP contribution < -0.4 is 10.6 Å². The number of nitrogens with zero attached hydrogens (tertiary/aromatic N) is 2. The molecule has 0 radical (unpaired) electrons. The summed E-state index contributed by atoms with van der Waals surface area (Å²) in [7, 11) is -3.57. The van der Waals surface area contributed by atoms with Crippen LogP contribution in [0.25, 0.3) is 0 Å². The number of carbonyl (C=O) groups is 2. The molecule has 1 fully saturated rings. The predicted molar refractivity (Wildman–Crippen MR) is 111 cm³/mol. The standard InChI is InChI=1S/C20H28N4O5S/c1-4-29-19(25)16-12-21-20(26)22-17(16)13-23-7-9-24(10-8-23)30(27,28)18-6-5-14(2)11-15(18)3/h5-6,11H,4,7-10,12-13H2,1-3H3,(H2,21,22,26). The van der Waals surface area contributed by atoms with Gasteiger partial charge in [0.1, 0.15) is 0 Å². The molecule has 0 aromatic heterocycles. The molecule has 0 atom stereocenters. The van der Waals surface area contributed by atoms with Crippen LogP contribution in [-0.2, 0) is 19.6 Å². The smallest absolute Gasteiger partial charge is 0.337 e. The normalized spacial score (nSPS) is 18.7. The zero-order valence-corrected chi connectivity index (χ0v) is 18.3. The Morgan fingerprint density at radius 2 is 1.87 bits per heavy atom. The van der Waals surface area contributed by atoms with Crippen LogP contribution in [0.2, 0.25) is 0 Å². The Kier molecular flexibility index (Phi) is 6.79. The second-order valence-electron chi connectivity index (χ2n) is 7.43. The molecule has 0 saturated carbocycles. The lowest BCUT2D eigenvalue weighted by atomic mass is 10.1. The van der Waals surface area contributed by atoms with E-state index in [0.717, 1.165) is 11.1 Å². The Morgan fingerprint density at radius 1 is 1.17 bits per heavy atom. The van der Waals surface area contributed by atoms with E-state index in [1.54, 1.807) is 26.0 Å². The van der Waals surface area contributed by atoms with Crippen LogP contribution in [-0.4, -0.2) is 75.5 Å². The molecule has 30 heavy (non-hydrogen) atoms. The molecule has 0 spiro atoms. The van der Waals surface area contributed by atoms with Crippen molar-refractivity contribution >= 4 is 22.0 Å². The summed E-state index contributed by atoms with van der Waals surface area (Å²) in [6.45, 7) is 7.83. The van der Waals surface area contributed by atoms with Gasteiger partial charge in [-0.05, 0) is 32.4 Å². The highest BCUT2D eigenvalue weighted by Crippen LogP contribution is 2.22. The second kappa shape index (κ2) is 9.15. The fraction of sp³-hybridized carbons (Fsp3) is 0.500. The van der Waals surface area contributed by atoms with Gasteiger partial charge in [-0.2, -0.15) is 4.31 Å². The van der Waals surface area contributed by atoms with E-state index in [1.807, 2.05) is 17.9 Å². The summed E-state index contributed by atoms with van der Waals surface area (Å²) in [6.07, 6.45) is 0. The van der Waals surface area contributed by atoms with Gasteiger partial charge < -0.3 is 15.4 Å². The van der Waals surface area contributed by atoms with Gasteiger partial charge in [0.05, 0.1) is 23.6 Å². The summed E-state index contributed by atoms with van der Waals surface area (Å²) in [5.41, 5.74) is 2.65. The SMILES string of the molecule is CCOC(=O)C1=C(CN2CCN(S(=O)(=O)c3ccc(C)cc3C)CC2)NC(=O)NC1. The Morgan fingerprint density at radius 3 is 2.50 bits per heavy atom. The number of carbonyl (C=O) groups excluding carboxylic acids is 2. The van der Waals surface area contributed by atoms with Crippen molar-refractivity contribution in [2.24, 2.45) is 0 Å². The van der Waals surface area contributed by atoms with E-state index in [1.165, 1.54) is 4.31 Å². The zero-order chi connectivity index (χ0) is 21.9. The van der Waals surface area contributed by atoms with E-state index in [0.29, 0.717) is 48.9 Å². The molecule has 2 N–H and O–H groups in total. The molecule has 2 amide bonds. The molecule has 1 saturated heterocycles. The average molecular weight is 437 g/mol. The minimum Gasteiger partial charge on any atom is -0.463 e. The summed E-state index contributed by atoms with van der Waals surface area (Å²) < 4.78 is 32.6. The van der Waals surface area contributed by atoms with Crippen molar-refractivity contribution in [3.05, 3.63) is 40.6 Å². The summed E-state index contributed by atoms with van der Waals surface area (Å²) >= 11 is 0. The van der Waals surface area contributed by atoms with Gasteiger partial charge in [-0.3, -0.25) is 4.90 Å². The molecule has 2 heterocycles. The molecule has 1 aromatic carbocycles. The third-order valence-corrected chi connectivity index (χ3v) is 7.30. The number of sulfonamides is 1. The molecule has 0 aliphatic carbocycles. The minimum atomic E-state index is -3.57. The molecule has 2 aliphatic rings. The van der Waals surface area contributed by atoms with Gasteiger partial charge in [-0.25, -0.2) is 18.0 Å². The quantitative estimate of drug-likeness (QED) is 0.637. The molecule has 3 rings (SSSR count). The van der Waals surface area contributed by atoms with Gasteiger partial charge >= 0.3 is 12.0 Å². The minimum absolute atomic E-state index is 0.112. The fourth-order valence-corrected chi connectivity index (χ4v) is 5.29. The van der Waals surface area contributed by atoms with Crippen molar-refractivity contribution in [3.63, 3.8) is 0 Å². The molecule has 10 heteroatoms. The second-order valence-corrected chi connectivity index (χ2v) is 9.34. The first kappa shape index (κ1) is 22.3. The van der Waals surface area contributed by atoms with E-state index in [4.69, 9.17) is 4.74 Å². The summed E-state index contributed by atoms with van der Waals surface area (Å²) in [6, 6.07) is 4.97. The predicted octanol–water partition coefficient (Wildman–Crippen LogP) is 0.740. The Labute approximate surface area is 177 Å².